The molecule has 204 valence electrons. The fourth-order valence-electron chi connectivity index (χ4n) is 5.66. The molecule has 0 atom stereocenters. The van der Waals surface area contributed by atoms with Crippen molar-refractivity contribution < 1.29 is 16.8 Å². The molecule has 0 bridgehead atoms. The van der Waals surface area contributed by atoms with Gasteiger partial charge in [0.25, 0.3) is 0 Å². The molecule has 0 saturated heterocycles. The summed E-state index contributed by atoms with van der Waals surface area (Å²) >= 11 is 6.02. The summed E-state index contributed by atoms with van der Waals surface area (Å²) in [4.78, 5) is 0.280. The van der Waals surface area contributed by atoms with Crippen molar-refractivity contribution in [2.75, 3.05) is 13.1 Å². The van der Waals surface area contributed by atoms with Crippen molar-refractivity contribution in [3.05, 3.63) is 59.1 Å². The summed E-state index contributed by atoms with van der Waals surface area (Å²) in [7, 11) is -7.52. The number of hydrogen-bond acceptors (Lipinski definition) is 4. The van der Waals surface area contributed by atoms with E-state index in [9.17, 15) is 16.8 Å². The average molecular weight is 567 g/mol. The summed E-state index contributed by atoms with van der Waals surface area (Å²) in [6, 6.07) is 13.0. The molecule has 6 nitrogen and oxygen atoms in total. The Morgan fingerprint density at radius 3 is 1.86 bits per heavy atom. The maximum absolute atomic E-state index is 13.8. The van der Waals surface area contributed by atoms with Gasteiger partial charge in [-0.3, -0.25) is 0 Å². The molecule has 0 aliphatic heterocycles. The van der Waals surface area contributed by atoms with Crippen LogP contribution in [0.5, 0.6) is 0 Å². The number of nitrogens with zero attached hydrogens (tertiary/aromatic N) is 2. The van der Waals surface area contributed by atoms with Crippen molar-refractivity contribution >= 4 is 31.6 Å². The van der Waals surface area contributed by atoms with E-state index < -0.39 is 20.0 Å². The topological polar surface area (TPSA) is 74.8 Å². The molecule has 0 heterocycles. The molecule has 2 aromatic carbocycles. The zero-order chi connectivity index (χ0) is 26.5. The summed E-state index contributed by atoms with van der Waals surface area (Å²) < 4.78 is 57.8. The lowest BCUT2D eigenvalue weighted by molar-refractivity contribution is 0.279. The minimum Gasteiger partial charge on any atom is -0.207 e. The van der Waals surface area contributed by atoms with E-state index in [0.29, 0.717) is 24.0 Å². The first kappa shape index (κ1) is 28.6. The molecule has 0 spiro atoms. The van der Waals surface area contributed by atoms with Crippen molar-refractivity contribution in [2.45, 2.75) is 93.5 Å². The Morgan fingerprint density at radius 2 is 1.30 bits per heavy atom. The zero-order valence-electron chi connectivity index (χ0n) is 21.7. The Balaban J connectivity index is 1.57. The van der Waals surface area contributed by atoms with E-state index in [2.05, 4.69) is 0 Å². The van der Waals surface area contributed by atoms with Crippen molar-refractivity contribution in [3.8, 4) is 0 Å². The van der Waals surface area contributed by atoms with Crippen molar-refractivity contribution in [1.29, 1.82) is 0 Å². The van der Waals surface area contributed by atoms with Crippen LogP contribution in [0, 0.1) is 5.92 Å². The maximum Gasteiger partial charge on any atom is 0.243 e. The van der Waals surface area contributed by atoms with Gasteiger partial charge in [0.05, 0.1) is 9.79 Å². The van der Waals surface area contributed by atoms with Crippen LogP contribution in [0.4, 0.5) is 0 Å². The first-order valence-corrected chi connectivity index (χ1v) is 16.8. The lowest BCUT2D eigenvalue weighted by Crippen LogP contribution is -2.38. The van der Waals surface area contributed by atoms with E-state index >= 15 is 0 Å². The van der Waals surface area contributed by atoms with Gasteiger partial charge in [0, 0.05) is 30.7 Å². The second kappa shape index (κ2) is 12.6. The van der Waals surface area contributed by atoms with E-state index in [4.69, 9.17) is 11.6 Å². The van der Waals surface area contributed by atoms with Gasteiger partial charge in [-0.2, -0.15) is 8.61 Å². The Morgan fingerprint density at radius 1 is 0.757 bits per heavy atom. The molecule has 2 saturated carbocycles. The third-order valence-corrected chi connectivity index (χ3v) is 11.8. The first-order valence-electron chi connectivity index (χ1n) is 13.6. The maximum atomic E-state index is 13.8. The molecule has 0 amide bonds. The lowest BCUT2D eigenvalue weighted by Gasteiger charge is -2.29. The highest BCUT2D eigenvalue weighted by molar-refractivity contribution is 7.89. The van der Waals surface area contributed by atoms with E-state index in [1.54, 1.807) is 20.7 Å². The Labute approximate surface area is 228 Å². The number of benzene rings is 2. The summed E-state index contributed by atoms with van der Waals surface area (Å²) in [6.07, 6.45) is 10.1. The molecular weight excluding hydrogens is 528 g/mol. The summed E-state index contributed by atoms with van der Waals surface area (Å²) in [6.45, 7) is 3.25. The predicted octanol–water partition coefficient (Wildman–Crippen LogP) is 6.45. The van der Waals surface area contributed by atoms with Gasteiger partial charge in [-0.05, 0) is 80.0 Å². The summed E-state index contributed by atoms with van der Waals surface area (Å²) in [5, 5.41) is 0.608. The van der Waals surface area contributed by atoms with Crippen LogP contribution in [-0.2, 0) is 26.6 Å². The van der Waals surface area contributed by atoms with Crippen LogP contribution in [0.1, 0.15) is 76.7 Å². The van der Waals surface area contributed by atoms with Gasteiger partial charge >= 0.3 is 0 Å². The van der Waals surface area contributed by atoms with Crippen molar-refractivity contribution in [2.24, 2.45) is 5.92 Å². The van der Waals surface area contributed by atoms with E-state index in [-0.39, 0.29) is 22.4 Å². The van der Waals surface area contributed by atoms with Gasteiger partial charge in [-0.1, -0.05) is 62.8 Å². The van der Waals surface area contributed by atoms with Gasteiger partial charge in [0.2, 0.25) is 20.0 Å². The molecule has 2 fully saturated rings. The molecule has 0 aromatic heterocycles. The van der Waals surface area contributed by atoms with Crippen LogP contribution in [0.15, 0.2) is 58.3 Å². The second-order valence-corrected chi connectivity index (χ2v) is 14.7. The van der Waals surface area contributed by atoms with Crippen LogP contribution >= 0.6 is 11.6 Å². The Hall–Kier alpha value is -1.45. The highest BCUT2D eigenvalue weighted by atomic mass is 35.5. The normalized spacial score (nSPS) is 18.2. The third-order valence-electron chi connectivity index (χ3n) is 7.71. The van der Waals surface area contributed by atoms with E-state index in [0.717, 1.165) is 63.4 Å². The zero-order valence-corrected chi connectivity index (χ0v) is 24.1. The molecule has 37 heavy (non-hydrogen) atoms. The van der Waals surface area contributed by atoms with Gasteiger partial charge in [0.15, 0.2) is 0 Å². The molecule has 9 heteroatoms. The molecule has 0 radical (unpaired) electrons. The third kappa shape index (κ3) is 6.95. The first-order chi connectivity index (χ1) is 17.7. The fraction of sp³-hybridized carbons (Fsp3) is 0.571. The fourth-order valence-corrected chi connectivity index (χ4v) is 9.06. The van der Waals surface area contributed by atoms with Crippen molar-refractivity contribution in [1.82, 2.24) is 8.61 Å². The Kier molecular flexibility index (Phi) is 9.73. The number of hydrogen-bond donors (Lipinski definition) is 0. The molecule has 2 aliphatic rings. The van der Waals surface area contributed by atoms with Gasteiger partial charge in [-0.15, -0.1) is 0 Å². The quantitative estimate of drug-likeness (QED) is 0.313. The lowest BCUT2D eigenvalue weighted by atomic mass is 9.89. The smallest absolute Gasteiger partial charge is 0.207 e. The van der Waals surface area contributed by atoms with E-state index in [1.807, 2.05) is 19.1 Å². The van der Waals surface area contributed by atoms with Crippen LogP contribution in [0.25, 0.3) is 0 Å². The summed E-state index contributed by atoms with van der Waals surface area (Å²) in [5.74, 6) is 0.391. The molecular formula is C28H39ClN2O4S2. The number of sulfonamides is 2. The van der Waals surface area contributed by atoms with Crippen LogP contribution in [0.3, 0.4) is 0 Å². The van der Waals surface area contributed by atoms with Crippen LogP contribution < -0.4 is 0 Å². The minimum absolute atomic E-state index is 0.0698. The highest BCUT2D eigenvalue weighted by Gasteiger charge is 2.34. The molecule has 2 aromatic rings. The van der Waals surface area contributed by atoms with Gasteiger partial charge < -0.3 is 0 Å². The average Bonchev–Trinajstić information content (AvgIpc) is 3.43. The SMILES string of the molecule is CCCN(CC1CCCCC1)S(=O)(=O)c1ccc(S(=O)(=O)N(Cc2ccc(Cl)cc2)C2CCCC2)cc1. The summed E-state index contributed by atoms with van der Waals surface area (Å²) in [5.41, 5.74) is 0.872. The Bertz CT molecular complexity index is 1220. The monoisotopic (exact) mass is 566 g/mol. The van der Waals surface area contributed by atoms with Gasteiger partial charge in [-0.25, -0.2) is 16.8 Å². The second-order valence-electron chi connectivity index (χ2n) is 10.5. The van der Waals surface area contributed by atoms with Crippen LogP contribution in [-0.4, -0.2) is 44.6 Å². The molecule has 4 rings (SSSR count). The number of rotatable bonds is 11. The molecule has 0 N–H and O–H groups in total. The van der Waals surface area contributed by atoms with Gasteiger partial charge in [0.1, 0.15) is 0 Å². The van der Waals surface area contributed by atoms with E-state index in [1.165, 1.54) is 30.7 Å². The molecule has 2 aliphatic carbocycles. The minimum atomic E-state index is -3.82. The largest absolute Gasteiger partial charge is 0.243 e. The predicted molar refractivity (Wildman–Crippen MR) is 149 cm³/mol. The molecule has 0 unspecified atom stereocenters. The highest BCUT2D eigenvalue weighted by Crippen LogP contribution is 2.32. The van der Waals surface area contributed by atoms with Crippen LogP contribution in [0.2, 0.25) is 5.02 Å². The van der Waals surface area contributed by atoms with Crippen molar-refractivity contribution in [3.63, 3.8) is 0 Å². The number of halogens is 1. The standard InChI is InChI=1S/C28H39ClN2O4S2/c1-2-20-30(21-23-8-4-3-5-9-23)36(32,33)27-16-18-28(19-17-27)37(34,35)31(26-10-6-7-11-26)22-24-12-14-25(29)15-13-24/h12-19,23,26H,2-11,20-22H2,1H3.